The molecule has 0 saturated carbocycles. The Morgan fingerprint density at radius 1 is 1.20 bits per heavy atom. The smallest absolute Gasteiger partial charge is 0.234 e. The fraction of sp³-hybridized carbons (Fsp3) is 0.200. The van der Waals surface area contributed by atoms with Gasteiger partial charge in [-0.1, -0.05) is 11.6 Å². The van der Waals surface area contributed by atoms with Crippen LogP contribution in [0.3, 0.4) is 0 Å². The van der Waals surface area contributed by atoms with Crippen LogP contribution >= 0.6 is 11.6 Å². The van der Waals surface area contributed by atoms with Crippen molar-refractivity contribution in [3.63, 3.8) is 0 Å². The first-order valence-corrected chi connectivity index (χ1v) is 4.88. The summed E-state index contributed by atoms with van der Waals surface area (Å²) in [5.74, 6) is -0.387. The third kappa shape index (κ3) is 1.68. The molecule has 1 heterocycles. The number of nitrogens with zero attached hydrogens (tertiary/aromatic N) is 1. The normalized spacial score (nSPS) is 16.2. The quantitative estimate of drug-likeness (QED) is 0.582. The summed E-state index contributed by atoms with van der Waals surface area (Å²) in [4.78, 5) is 24.0. The average molecular weight is 225 g/mol. The molecule has 1 aromatic rings. The summed E-state index contributed by atoms with van der Waals surface area (Å²) in [5.41, 5.74) is 6.45. The van der Waals surface area contributed by atoms with Crippen LogP contribution in [-0.4, -0.2) is 11.8 Å². The van der Waals surface area contributed by atoms with E-state index < -0.39 is 0 Å². The van der Waals surface area contributed by atoms with Gasteiger partial charge in [0.2, 0.25) is 11.8 Å². The zero-order valence-electron chi connectivity index (χ0n) is 7.87. The van der Waals surface area contributed by atoms with Crippen molar-refractivity contribution in [3.05, 3.63) is 23.2 Å². The van der Waals surface area contributed by atoms with Crippen molar-refractivity contribution in [1.82, 2.24) is 0 Å². The van der Waals surface area contributed by atoms with Crippen molar-refractivity contribution in [2.75, 3.05) is 10.6 Å². The highest BCUT2D eigenvalue weighted by Gasteiger charge is 2.30. The van der Waals surface area contributed by atoms with Crippen LogP contribution in [0.1, 0.15) is 12.8 Å². The van der Waals surface area contributed by atoms with Gasteiger partial charge in [-0.2, -0.15) is 0 Å². The molecule has 1 aliphatic heterocycles. The summed E-state index contributed by atoms with van der Waals surface area (Å²) in [6, 6.07) is 4.72. The molecule has 0 radical (unpaired) electrons. The van der Waals surface area contributed by atoms with Gasteiger partial charge in [-0.15, -0.1) is 0 Å². The number of amides is 2. The molecule has 1 saturated heterocycles. The Morgan fingerprint density at radius 3 is 2.33 bits per heavy atom. The number of benzene rings is 1. The standard InChI is InChI=1S/C10H9ClN2O2/c11-7-5-6(1-2-8(7)12)13-9(14)3-4-10(13)15/h1-2,5H,3-4,12H2. The van der Waals surface area contributed by atoms with Gasteiger partial charge in [0.1, 0.15) is 0 Å². The van der Waals surface area contributed by atoms with E-state index in [0.29, 0.717) is 16.4 Å². The number of halogens is 1. The number of imide groups is 1. The molecule has 0 atom stereocenters. The first-order chi connectivity index (χ1) is 7.09. The van der Waals surface area contributed by atoms with Crippen molar-refractivity contribution >= 4 is 34.8 Å². The van der Waals surface area contributed by atoms with E-state index in [2.05, 4.69) is 0 Å². The van der Waals surface area contributed by atoms with E-state index in [1.807, 2.05) is 0 Å². The van der Waals surface area contributed by atoms with Gasteiger partial charge in [-0.05, 0) is 18.2 Å². The summed E-state index contributed by atoms with van der Waals surface area (Å²) < 4.78 is 0. The van der Waals surface area contributed by atoms with Gasteiger partial charge < -0.3 is 5.73 Å². The molecule has 78 valence electrons. The van der Waals surface area contributed by atoms with Crippen LogP contribution in [0.5, 0.6) is 0 Å². The molecule has 5 heteroatoms. The Kier molecular flexibility index (Phi) is 2.36. The van der Waals surface area contributed by atoms with Crippen LogP contribution in [0.15, 0.2) is 18.2 Å². The van der Waals surface area contributed by atoms with E-state index in [0.717, 1.165) is 4.90 Å². The molecule has 2 N–H and O–H groups in total. The lowest BCUT2D eigenvalue weighted by Crippen LogP contribution is -2.28. The lowest BCUT2D eigenvalue weighted by atomic mass is 10.2. The molecule has 15 heavy (non-hydrogen) atoms. The summed E-state index contributed by atoms with van der Waals surface area (Å²) in [6.07, 6.45) is 0.529. The fourth-order valence-electron chi connectivity index (χ4n) is 1.52. The van der Waals surface area contributed by atoms with Gasteiger partial charge in [0.25, 0.3) is 0 Å². The van der Waals surface area contributed by atoms with Crippen molar-refractivity contribution in [1.29, 1.82) is 0 Å². The van der Waals surface area contributed by atoms with Crippen LogP contribution in [0.2, 0.25) is 5.02 Å². The molecular formula is C10H9ClN2O2. The average Bonchev–Trinajstić information content (AvgIpc) is 2.52. The molecule has 0 aromatic heterocycles. The lowest BCUT2D eigenvalue weighted by Gasteiger charge is -2.14. The van der Waals surface area contributed by atoms with Crippen LogP contribution in [0.25, 0.3) is 0 Å². The predicted octanol–water partition coefficient (Wildman–Crippen LogP) is 1.58. The Labute approximate surface area is 91.6 Å². The SMILES string of the molecule is Nc1ccc(N2C(=O)CCC2=O)cc1Cl. The van der Waals surface area contributed by atoms with Crippen LogP contribution in [0.4, 0.5) is 11.4 Å². The van der Waals surface area contributed by atoms with E-state index in [9.17, 15) is 9.59 Å². The van der Waals surface area contributed by atoms with E-state index in [4.69, 9.17) is 17.3 Å². The lowest BCUT2D eigenvalue weighted by molar-refractivity contribution is -0.121. The molecule has 1 aliphatic rings. The molecule has 1 fully saturated rings. The first kappa shape index (κ1) is 9.98. The second-order valence-electron chi connectivity index (χ2n) is 3.33. The Morgan fingerprint density at radius 2 is 1.80 bits per heavy atom. The van der Waals surface area contributed by atoms with E-state index >= 15 is 0 Å². The Balaban J connectivity index is 2.41. The zero-order valence-corrected chi connectivity index (χ0v) is 8.62. The molecule has 1 aromatic carbocycles. The number of nitrogen functional groups attached to an aromatic ring is 1. The topological polar surface area (TPSA) is 63.4 Å². The fourth-order valence-corrected chi connectivity index (χ4v) is 1.69. The second-order valence-corrected chi connectivity index (χ2v) is 3.74. The maximum absolute atomic E-state index is 11.4. The summed E-state index contributed by atoms with van der Waals surface area (Å²) in [5, 5.41) is 0.347. The highest BCUT2D eigenvalue weighted by Crippen LogP contribution is 2.28. The maximum Gasteiger partial charge on any atom is 0.234 e. The summed E-state index contributed by atoms with van der Waals surface area (Å²) in [6.45, 7) is 0. The van der Waals surface area contributed by atoms with Gasteiger partial charge in [-0.25, -0.2) is 0 Å². The van der Waals surface area contributed by atoms with Crippen LogP contribution in [0, 0.1) is 0 Å². The minimum Gasteiger partial charge on any atom is -0.398 e. The molecule has 2 rings (SSSR count). The van der Waals surface area contributed by atoms with Crippen molar-refractivity contribution in [3.8, 4) is 0 Å². The number of hydrogen-bond acceptors (Lipinski definition) is 3. The number of rotatable bonds is 1. The Hall–Kier alpha value is -1.55. The van der Waals surface area contributed by atoms with Crippen molar-refractivity contribution in [2.45, 2.75) is 12.8 Å². The third-order valence-electron chi connectivity index (χ3n) is 2.29. The molecule has 4 nitrogen and oxygen atoms in total. The van der Waals surface area contributed by atoms with Gasteiger partial charge in [0.05, 0.1) is 16.4 Å². The molecule has 2 amide bonds. The highest BCUT2D eigenvalue weighted by atomic mass is 35.5. The molecule has 0 aliphatic carbocycles. The minimum atomic E-state index is -0.194. The van der Waals surface area contributed by atoms with Crippen LogP contribution < -0.4 is 10.6 Å². The molecule has 0 spiro atoms. The van der Waals surface area contributed by atoms with E-state index in [1.54, 1.807) is 12.1 Å². The second kappa shape index (κ2) is 3.55. The van der Waals surface area contributed by atoms with Crippen LogP contribution in [-0.2, 0) is 9.59 Å². The maximum atomic E-state index is 11.4. The van der Waals surface area contributed by atoms with E-state index in [1.165, 1.54) is 6.07 Å². The number of hydrogen-bond donors (Lipinski definition) is 1. The zero-order chi connectivity index (χ0) is 11.0. The van der Waals surface area contributed by atoms with E-state index in [-0.39, 0.29) is 24.7 Å². The van der Waals surface area contributed by atoms with Gasteiger partial charge in [0.15, 0.2) is 0 Å². The highest BCUT2D eigenvalue weighted by molar-refractivity contribution is 6.33. The van der Waals surface area contributed by atoms with Gasteiger partial charge in [-0.3, -0.25) is 14.5 Å². The minimum absolute atomic E-state index is 0.194. The number of carbonyl (C=O) groups excluding carboxylic acids is 2. The van der Waals surface area contributed by atoms with Crippen molar-refractivity contribution < 1.29 is 9.59 Å². The summed E-state index contributed by atoms with van der Waals surface area (Å²) in [7, 11) is 0. The molecule has 0 unspecified atom stereocenters. The molecule has 0 bridgehead atoms. The third-order valence-corrected chi connectivity index (χ3v) is 2.62. The summed E-state index contributed by atoms with van der Waals surface area (Å²) >= 11 is 5.81. The number of anilines is 2. The number of nitrogens with two attached hydrogens (primary N) is 1. The predicted molar refractivity (Wildman–Crippen MR) is 57.6 cm³/mol. The Bertz CT molecular complexity index is 429. The first-order valence-electron chi connectivity index (χ1n) is 4.50. The number of carbonyl (C=O) groups is 2. The van der Waals surface area contributed by atoms with Gasteiger partial charge >= 0.3 is 0 Å². The molecular weight excluding hydrogens is 216 g/mol. The monoisotopic (exact) mass is 224 g/mol. The largest absolute Gasteiger partial charge is 0.398 e. The van der Waals surface area contributed by atoms with Gasteiger partial charge in [0, 0.05) is 12.8 Å². The van der Waals surface area contributed by atoms with Crippen molar-refractivity contribution in [2.24, 2.45) is 0 Å².